The molecule has 1 saturated carbocycles. The van der Waals surface area contributed by atoms with Crippen LogP contribution in [0.3, 0.4) is 0 Å². The van der Waals surface area contributed by atoms with Gasteiger partial charge in [-0.25, -0.2) is 21.9 Å². The molecule has 0 radical (unpaired) electrons. The fourth-order valence-electron chi connectivity index (χ4n) is 2.52. The van der Waals surface area contributed by atoms with Gasteiger partial charge in [0, 0.05) is 24.0 Å². The van der Waals surface area contributed by atoms with Gasteiger partial charge in [0.1, 0.15) is 11.6 Å². The first-order valence-electron chi connectivity index (χ1n) is 7.31. The molecule has 1 aliphatic carbocycles. The highest BCUT2D eigenvalue weighted by molar-refractivity contribution is 7.89. The lowest BCUT2D eigenvalue weighted by Crippen LogP contribution is -2.40. The largest absolute Gasteiger partial charge is 0.272 e. The van der Waals surface area contributed by atoms with E-state index in [2.05, 4.69) is 9.82 Å². The molecule has 124 valence electrons. The maximum Gasteiger partial charge on any atom is 0.213 e. The number of aryl methyl sites for hydroxylation is 1. The van der Waals surface area contributed by atoms with Gasteiger partial charge in [-0.05, 0) is 37.0 Å². The summed E-state index contributed by atoms with van der Waals surface area (Å²) in [5.74, 6) is -1.38. The first kappa shape index (κ1) is 16.1. The van der Waals surface area contributed by atoms with Crippen molar-refractivity contribution < 1.29 is 17.2 Å². The summed E-state index contributed by atoms with van der Waals surface area (Å²) in [6, 6.07) is 5.08. The predicted molar refractivity (Wildman–Crippen MR) is 81.2 cm³/mol. The highest BCUT2D eigenvalue weighted by Gasteiger charge is 2.46. The Bertz CT molecular complexity index is 787. The monoisotopic (exact) mass is 341 g/mol. The summed E-state index contributed by atoms with van der Waals surface area (Å²) in [4.78, 5) is 0. The Kier molecular flexibility index (Phi) is 4.20. The second-order valence-electron chi connectivity index (χ2n) is 5.88. The fraction of sp³-hybridized carbons (Fsp3) is 0.400. The van der Waals surface area contributed by atoms with Crippen molar-refractivity contribution in [3.63, 3.8) is 0 Å². The topological polar surface area (TPSA) is 64.0 Å². The van der Waals surface area contributed by atoms with E-state index >= 15 is 0 Å². The van der Waals surface area contributed by atoms with Crippen LogP contribution in [0, 0.1) is 11.6 Å². The predicted octanol–water partition coefficient (Wildman–Crippen LogP) is 1.86. The van der Waals surface area contributed by atoms with Crippen LogP contribution in [-0.4, -0.2) is 29.5 Å². The number of nitrogens with one attached hydrogen (secondary N) is 1. The van der Waals surface area contributed by atoms with Crippen molar-refractivity contribution in [2.24, 2.45) is 0 Å². The van der Waals surface area contributed by atoms with Crippen LogP contribution in [0.25, 0.3) is 0 Å². The van der Waals surface area contributed by atoms with E-state index in [1.807, 2.05) is 0 Å². The van der Waals surface area contributed by atoms with E-state index in [0.29, 0.717) is 18.4 Å². The molecule has 0 bridgehead atoms. The summed E-state index contributed by atoms with van der Waals surface area (Å²) < 4.78 is 55.3. The van der Waals surface area contributed by atoms with Gasteiger partial charge in [-0.1, -0.05) is 6.07 Å². The van der Waals surface area contributed by atoms with Gasteiger partial charge in [0.25, 0.3) is 0 Å². The van der Waals surface area contributed by atoms with Crippen molar-refractivity contribution in [1.82, 2.24) is 14.5 Å². The Morgan fingerprint density at radius 2 is 2.09 bits per heavy atom. The number of nitrogens with zero attached hydrogens (tertiary/aromatic N) is 2. The van der Waals surface area contributed by atoms with Gasteiger partial charge < -0.3 is 0 Å². The molecule has 1 fully saturated rings. The highest BCUT2D eigenvalue weighted by Crippen LogP contribution is 2.39. The van der Waals surface area contributed by atoms with Gasteiger partial charge in [-0.15, -0.1) is 0 Å². The van der Waals surface area contributed by atoms with Crippen molar-refractivity contribution in [1.29, 1.82) is 0 Å². The Morgan fingerprint density at radius 3 is 2.70 bits per heavy atom. The summed E-state index contributed by atoms with van der Waals surface area (Å²) in [7, 11) is -3.50. The number of benzene rings is 1. The number of hydrogen-bond donors (Lipinski definition) is 1. The zero-order chi connectivity index (χ0) is 16.5. The molecule has 1 aromatic heterocycles. The Hall–Kier alpha value is -1.80. The Labute approximate surface area is 133 Å². The van der Waals surface area contributed by atoms with Crippen LogP contribution in [-0.2, 0) is 23.0 Å². The second kappa shape index (κ2) is 6.01. The molecule has 23 heavy (non-hydrogen) atoms. The normalized spacial score (nSPS) is 16.4. The highest BCUT2D eigenvalue weighted by atomic mass is 32.2. The minimum absolute atomic E-state index is 0.0949. The summed E-state index contributed by atoms with van der Waals surface area (Å²) in [6.07, 6.45) is 4.78. The molecule has 8 heteroatoms. The minimum atomic E-state index is -3.50. The van der Waals surface area contributed by atoms with Crippen molar-refractivity contribution in [3.8, 4) is 0 Å². The van der Waals surface area contributed by atoms with Crippen molar-refractivity contribution in [2.45, 2.75) is 31.3 Å². The summed E-state index contributed by atoms with van der Waals surface area (Å²) in [5.41, 5.74) is -0.333. The van der Waals surface area contributed by atoms with Gasteiger partial charge in [-0.3, -0.25) is 4.68 Å². The van der Waals surface area contributed by atoms with Crippen molar-refractivity contribution in [2.75, 3.05) is 5.75 Å². The van der Waals surface area contributed by atoms with E-state index in [4.69, 9.17) is 0 Å². The molecule has 1 aliphatic rings. The molecule has 0 spiro atoms. The lowest BCUT2D eigenvalue weighted by Gasteiger charge is -2.18. The molecule has 3 rings (SSSR count). The minimum Gasteiger partial charge on any atom is -0.272 e. The number of aromatic nitrogens is 2. The lowest BCUT2D eigenvalue weighted by atomic mass is 10.0. The molecule has 5 nitrogen and oxygen atoms in total. The molecule has 2 aromatic rings. The molecule has 0 saturated heterocycles. The maximum atomic E-state index is 13.7. The SMILES string of the molecule is O=S(=O)(CCn1cccn1)NC1(Cc2ccc(F)cc2F)CC1. The van der Waals surface area contributed by atoms with Crippen LogP contribution in [0.5, 0.6) is 0 Å². The van der Waals surface area contributed by atoms with Crippen LogP contribution < -0.4 is 4.72 Å². The van der Waals surface area contributed by atoms with Crippen LogP contribution in [0.1, 0.15) is 18.4 Å². The summed E-state index contributed by atoms with van der Waals surface area (Å²) >= 11 is 0. The molecular weight excluding hydrogens is 324 g/mol. The first-order valence-corrected chi connectivity index (χ1v) is 8.96. The van der Waals surface area contributed by atoms with Crippen LogP contribution in [0.4, 0.5) is 8.78 Å². The van der Waals surface area contributed by atoms with Crippen LogP contribution in [0.2, 0.25) is 0 Å². The zero-order valence-corrected chi connectivity index (χ0v) is 13.2. The van der Waals surface area contributed by atoms with Crippen LogP contribution >= 0.6 is 0 Å². The number of hydrogen-bond acceptors (Lipinski definition) is 3. The average Bonchev–Trinajstić information content (AvgIpc) is 3.01. The number of sulfonamides is 1. The molecule has 0 aliphatic heterocycles. The molecule has 1 N–H and O–H groups in total. The second-order valence-corrected chi connectivity index (χ2v) is 7.72. The van der Waals surface area contributed by atoms with Gasteiger partial charge in [0.15, 0.2) is 0 Å². The Balaban J connectivity index is 1.64. The third kappa shape index (κ3) is 4.14. The quantitative estimate of drug-likeness (QED) is 0.836. The number of halogens is 2. The van der Waals surface area contributed by atoms with E-state index in [0.717, 1.165) is 6.07 Å². The van der Waals surface area contributed by atoms with E-state index in [9.17, 15) is 17.2 Å². The average molecular weight is 341 g/mol. The fourth-order valence-corrected chi connectivity index (χ4v) is 3.99. The van der Waals surface area contributed by atoms with Gasteiger partial charge >= 0.3 is 0 Å². The van der Waals surface area contributed by atoms with E-state index in [1.165, 1.54) is 12.1 Å². The van der Waals surface area contributed by atoms with E-state index < -0.39 is 27.2 Å². The molecule has 0 atom stereocenters. The number of rotatable bonds is 7. The van der Waals surface area contributed by atoms with Gasteiger partial charge in [0.2, 0.25) is 10.0 Å². The maximum absolute atomic E-state index is 13.7. The van der Waals surface area contributed by atoms with Gasteiger partial charge in [-0.2, -0.15) is 5.10 Å². The zero-order valence-electron chi connectivity index (χ0n) is 12.4. The third-order valence-electron chi connectivity index (χ3n) is 3.92. The Morgan fingerprint density at radius 1 is 1.30 bits per heavy atom. The standard InChI is InChI=1S/C15H17F2N3O2S/c16-13-3-2-12(14(17)10-13)11-15(4-5-15)19-23(21,22)9-8-20-7-1-6-18-20/h1-3,6-7,10,19H,4-5,8-9,11H2. The van der Waals surface area contributed by atoms with Crippen LogP contribution in [0.15, 0.2) is 36.7 Å². The van der Waals surface area contributed by atoms with Gasteiger partial charge in [0.05, 0.1) is 12.3 Å². The van der Waals surface area contributed by atoms with E-state index in [1.54, 1.807) is 23.1 Å². The molecule has 1 aromatic carbocycles. The first-order chi connectivity index (χ1) is 10.9. The van der Waals surface area contributed by atoms with Crippen molar-refractivity contribution in [3.05, 3.63) is 53.9 Å². The van der Waals surface area contributed by atoms with E-state index in [-0.39, 0.29) is 18.7 Å². The molecule has 1 heterocycles. The molecular formula is C15H17F2N3O2S. The summed E-state index contributed by atoms with van der Waals surface area (Å²) in [6.45, 7) is 0.253. The molecule has 0 unspecified atom stereocenters. The smallest absolute Gasteiger partial charge is 0.213 e. The summed E-state index contributed by atoms with van der Waals surface area (Å²) in [5, 5.41) is 3.96. The lowest BCUT2D eigenvalue weighted by molar-refractivity contribution is 0.516. The van der Waals surface area contributed by atoms with Crippen molar-refractivity contribution >= 4 is 10.0 Å². The molecule has 0 amide bonds. The third-order valence-corrected chi connectivity index (χ3v) is 5.38.